The van der Waals surface area contributed by atoms with E-state index in [2.05, 4.69) is 15.0 Å². The molecule has 0 saturated heterocycles. The zero-order chi connectivity index (χ0) is 15.1. The highest BCUT2D eigenvalue weighted by Crippen LogP contribution is 2.25. The van der Waals surface area contributed by atoms with E-state index in [1.165, 1.54) is 23.9 Å². The molecule has 3 rings (SSSR count). The van der Waals surface area contributed by atoms with E-state index in [9.17, 15) is 8.78 Å². The molecule has 0 bridgehead atoms. The second kappa shape index (κ2) is 5.23. The van der Waals surface area contributed by atoms with E-state index in [-0.39, 0.29) is 10.7 Å². The molecule has 0 radical (unpaired) electrons. The van der Waals surface area contributed by atoms with Gasteiger partial charge < -0.3 is 0 Å². The van der Waals surface area contributed by atoms with Gasteiger partial charge in [0.25, 0.3) is 0 Å². The van der Waals surface area contributed by atoms with Crippen LogP contribution in [0.4, 0.5) is 8.78 Å². The summed E-state index contributed by atoms with van der Waals surface area (Å²) in [5.41, 5.74) is 0.390. The van der Waals surface area contributed by atoms with Crippen LogP contribution < -0.4 is 0 Å². The van der Waals surface area contributed by atoms with Gasteiger partial charge in [-0.2, -0.15) is 0 Å². The van der Waals surface area contributed by atoms with Crippen molar-refractivity contribution in [3.8, 4) is 5.82 Å². The van der Waals surface area contributed by atoms with Crippen LogP contribution in [0.1, 0.15) is 5.82 Å². The van der Waals surface area contributed by atoms with E-state index in [1.807, 2.05) is 6.26 Å². The molecule has 2 heterocycles. The predicted molar refractivity (Wildman–Crippen MR) is 78.1 cm³/mol. The quantitative estimate of drug-likeness (QED) is 0.408. The molecule has 0 fully saturated rings. The summed E-state index contributed by atoms with van der Waals surface area (Å²) in [6, 6.07) is 3.55. The molecule has 0 aliphatic rings. The number of thioether (sulfide) groups is 1. The summed E-state index contributed by atoms with van der Waals surface area (Å²) in [4.78, 5) is 12.5. The molecule has 4 nitrogen and oxygen atoms in total. The number of hydrogen-bond acceptors (Lipinski definition) is 4. The molecule has 21 heavy (non-hydrogen) atoms. The fraction of sp³-hybridized carbons (Fsp3) is 0.154. The molecule has 1 aromatic carbocycles. The molecule has 0 saturated carbocycles. The maximum absolute atomic E-state index is 13.8. The van der Waals surface area contributed by atoms with Crippen LogP contribution in [0.15, 0.2) is 23.4 Å². The lowest BCUT2D eigenvalue weighted by Gasteiger charge is -2.07. The van der Waals surface area contributed by atoms with Crippen LogP contribution in [0.25, 0.3) is 16.9 Å². The molecule has 3 aromatic rings. The number of halogens is 3. The summed E-state index contributed by atoms with van der Waals surface area (Å²) >= 11 is 7.29. The van der Waals surface area contributed by atoms with Gasteiger partial charge in [0.1, 0.15) is 28.1 Å². The second-order valence-electron chi connectivity index (χ2n) is 4.29. The number of benzene rings is 1. The fourth-order valence-electron chi connectivity index (χ4n) is 2.10. The Labute approximate surface area is 128 Å². The van der Waals surface area contributed by atoms with Gasteiger partial charge in [0.2, 0.25) is 0 Å². The van der Waals surface area contributed by atoms with Crippen molar-refractivity contribution in [3.63, 3.8) is 0 Å². The van der Waals surface area contributed by atoms with Gasteiger partial charge in [-0.05, 0) is 13.2 Å². The van der Waals surface area contributed by atoms with Crippen LogP contribution in [-0.4, -0.2) is 25.8 Å². The zero-order valence-electron chi connectivity index (χ0n) is 11.1. The second-order valence-corrected chi connectivity index (χ2v) is 5.45. The van der Waals surface area contributed by atoms with Crippen molar-refractivity contribution >= 4 is 34.4 Å². The first-order valence-corrected chi connectivity index (χ1v) is 7.53. The number of hydrogen-bond donors (Lipinski definition) is 0. The summed E-state index contributed by atoms with van der Waals surface area (Å²) in [6.45, 7) is 1.69. The lowest BCUT2D eigenvalue weighted by molar-refractivity contribution is 0.590. The highest BCUT2D eigenvalue weighted by Gasteiger charge is 2.16. The summed E-state index contributed by atoms with van der Waals surface area (Å²) in [7, 11) is 0. The molecular weight excluding hydrogens is 318 g/mol. The van der Waals surface area contributed by atoms with Gasteiger partial charge in [0, 0.05) is 18.2 Å². The minimum Gasteiger partial charge on any atom is -0.280 e. The Balaban J connectivity index is 2.34. The maximum atomic E-state index is 13.8. The van der Waals surface area contributed by atoms with Crippen LogP contribution in [0.5, 0.6) is 0 Å². The largest absolute Gasteiger partial charge is 0.280 e. The third-order valence-corrected chi connectivity index (χ3v) is 3.66. The minimum atomic E-state index is -0.711. The van der Waals surface area contributed by atoms with Crippen LogP contribution in [-0.2, 0) is 0 Å². The highest BCUT2D eigenvalue weighted by atomic mass is 35.5. The number of nitrogens with zero attached hydrogens (tertiary/aromatic N) is 4. The Kier molecular flexibility index (Phi) is 3.54. The molecule has 0 aliphatic heterocycles. The third-order valence-electron chi connectivity index (χ3n) is 2.92. The average Bonchev–Trinajstić information content (AvgIpc) is 2.74. The van der Waals surface area contributed by atoms with Gasteiger partial charge >= 0.3 is 0 Å². The van der Waals surface area contributed by atoms with Gasteiger partial charge in [-0.3, -0.25) is 4.57 Å². The lowest BCUT2D eigenvalue weighted by atomic mass is 10.3. The van der Waals surface area contributed by atoms with Crippen LogP contribution in [0.3, 0.4) is 0 Å². The zero-order valence-corrected chi connectivity index (χ0v) is 12.6. The minimum absolute atomic E-state index is 0.0920. The first-order valence-electron chi connectivity index (χ1n) is 5.92. The van der Waals surface area contributed by atoms with Crippen molar-refractivity contribution in [1.82, 2.24) is 19.5 Å². The Hall–Kier alpha value is -1.73. The van der Waals surface area contributed by atoms with Gasteiger partial charge in [-0.15, -0.1) is 0 Å². The van der Waals surface area contributed by atoms with Crippen LogP contribution >= 0.6 is 23.4 Å². The summed E-state index contributed by atoms with van der Waals surface area (Å²) in [6.07, 6.45) is 1.81. The topological polar surface area (TPSA) is 43.6 Å². The Morgan fingerprint density at radius 1 is 1.14 bits per heavy atom. The number of imidazole rings is 1. The number of fused-ring (bicyclic) bond motifs is 1. The predicted octanol–water partition coefficient (Wildman–Crippen LogP) is 3.78. The van der Waals surface area contributed by atoms with Crippen molar-refractivity contribution in [1.29, 1.82) is 0 Å². The van der Waals surface area contributed by atoms with E-state index < -0.39 is 11.6 Å². The fourth-order valence-corrected chi connectivity index (χ4v) is 2.70. The van der Waals surface area contributed by atoms with E-state index >= 15 is 0 Å². The lowest BCUT2D eigenvalue weighted by Crippen LogP contribution is -2.02. The number of aryl methyl sites for hydroxylation is 1. The van der Waals surface area contributed by atoms with Crippen molar-refractivity contribution < 1.29 is 8.78 Å². The molecule has 0 atom stereocenters. The van der Waals surface area contributed by atoms with Crippen molar-refractivity contribution in [2.45, 2.75) is 12.1 Å². The highest BCUT2D eigenvalue weighted by molar-refractivity contribution is 7.98. The van der Waals surface area contributed by atoms with E-state index in [0.717, 1.165) is 6.07 Å². The van der Waals surface area contributed by atoms with E-state index in [1.54, 1.807) is 11.5 Å². The smallest absolute Gasteiger partial charge is 0.190 e. The number of rotatable bonds is 2. The number of aromatic nitrogens is 4. The molecule has 108 valence electrons. The molecule has 0 amide bonds. The van der Waals surface area contributed by atoms with Gasteiger partial charge in [-0.25, -0.2) is 23.7 Å². The van der Waals surface area contributed by atoms with Crippen molar-refractivity contribution in [2.75, 3.05) is 6.26 Å². The Morgan fingerprint density at radius 2 is 1.90 bits per heavy atom. The summed E-state index contributed by atoms with van der Waals surface area (Å²) in [5, 5.41) is 0.720. The standard InChI is InChI=1S/C13H9ClF2N4S/c1-6-17-12-8(16)3-7(15)4-9(12)20(6)11-5-10(14)18-13(19-11)21-2/h3-5H,1-2H3. The molecule has 0 N–H and O–H groups in total. The monoisotopic (exact) mass is 326 g/mol. The van der Waals surface area contributed by atoms with Crippen molar-refractivity contribution in [2.24, 2.45) is 0 Å². The van der Waals surface area contributed by atoms with Gasteiger partial charge in [0.15, 0.2) is 11.0 Å². The van der Waals surface area contributed by atoms with Crippen molar-refractivity contribution in [3.05, 3.63) is 40.8 Å². The molecule has 0 unspecified atom stereocenters. The molecular formula is C13H9ClF2N4S. The van der Waals surface area contributed by atoms with Crippen LogP contribution in [0.2, 0.25) is 5.15 Å². The average molecular weight is 327 g/mol. The SMILES string of the molecule is CSc1nc(Cl)cc(-n2c(C)nc3c(F)cc(F)cc32)n1. The summed E-state index contributed by atoms with van der Waals surface area (Å²) in [5.74, 6) is -0.482. The summed E-state index contributed by atoms with van der Waals surface area (Å²) < 4.78 is 28.8. The third kappa shape index (κ3) is 2.47. The van der Waals surface area contributed by atoms with Gasteiger partial charge in [0.05, 0.1) is 5.52 Å². The first kappa shape index (κ1) is 14.2. The van der Waals surface area contributed by atoms with E-state index in [4.69, 9.17) is 11.6 Å². The maximum Gasteiger partial charge on any atom is 0.190 e. The molecule has 2 aromatic heterocycles. The molecule has 0 spiro atoms. The normalized spacial score (nSPS) is 11.3. The van der Waals surface area contributed by atoms with Crippen LogP contribution in [0, 0.1) is 18.6 Å². The van der Waals surface area contributed by atoms with Gasteiger partial charge in [-0.1, -0.05) is 23.4 Å². The first-order chi connectivity index (χ1) is 9.99. The molecule has 8 heteroatoms. The Bertz CT molecular complexity index is 850. The van der Waals surface area contributed by atoms with E-state index in [0.29, 0.717) is 22.3 Å². The Morgan fingerprint density at radius 3 is 2.62 bits per heavy atom. The molecule has 0 aliphatic carbocycles.